The first-order chi connectivity index (χ1) is 18.4. The molecule has 0 radical (unpaired) electrons. The van der Waals surface area contributed by atoms with Crippen LogP contribution in [0.25, 0.3) is 0 Å². The van der Waals surface area contributed by atoms with Crippen LogP contribution in [0.1, 0.15) is 66.5 Å². The quantitative estimate of drug-likeness (QED) is 0.327. The van der Waals surface area contributed by atoms with Crippen LogP contribution in [0.4, 0.5) is 10.1 Å². The van der Waals surface area contributed by atoms with Gasteiger partial charge < -0.3 is 14.9 Å². The van der Waals surface area contributed by atoms with Gasteiger partial charge in [-0.25, -0.2) is 9.37 Å². The molecule has 3 heterocycles. The van der Waals surface area contributed by atoms with Crippen molar-refractivity contribution < 1.29 is 18.8 Å². The summed E-state index contributed by atoms with van der Waals surface area (Å²) in [5, 5.41) is 30.4. The van der Waals surface area contributed by atoms with E-state index >= 15 is 0 Å². The summed E-state index contributed by atoms with van der Waals surface area (Å²) in [5.74, 6) is -3.45. The Balaban J connectivity index is 1.86. The zero-order valence-corrected chi connectivity index (χ0v) is 22.3. The third-order valence-electron chi connectivity index (χ3n) is 6.50. The largest absolute Gasteiger partial charge is 0.501 e. The van der Waals surface area contributed by atoms with Crippen molar-refractivity contribution in [2.45, 2.75) is 44.6 Å². The zero-order chi connectivity index (χ0) is 28.5. The fraction of sp³-hybridized carbons (Fsp3) is 0.308. The number of anilines is 1. The molecule has 3 aromatic heterocycles. The molecule has 0 aliphatic carbocycles. The van der Waals surface area contributed by atoms with Crippen molar-refractivity contribution in [2.24, 2.45) is 7.05 Å². The molecule has 0 saturated heterocycles. The fourth-order valence-corrected chi connectivity index (χ4v) is 4.61. The first-order valence-corrected chi connectivity index (χ1v) is 12.2. The van der Waals surface area contributed by atoms with Crippen LogP contribution in [0.3, 0.4) is 0 Å². The Bertz CT molecular complexity index is 1620. The van der Waals surface area contributed by atoms with Crippen molar-refractivity contribution in [3.8, 4) is 11.8 Å². The van der Waals surface area contributed by atoms with E-state index in [1.807, 2.05) is 13.8 Å². The molecule has 13 heteroatoms. The van der Waals surface area contributed by atoms with Crippen molar-refractivity contribution in [3.63, 3.8) is 0 Å². The molecule has 1 amide bonds. The fourth-order valence-electron chi connectivity index (χ4n) is 4.37. The van der Waals surface area contributed by atoms with E-state index in [1.165, 1.54) is 37.7 Å². The van der Waals surface area contributed by atoms with Crippen LogP contribution < -0.4 is 10.9 Å². The molecule has 2 atom stereocenters. The van der Waals surface area contributed by atoms with E-state index in [2.05, 4.69) is 26.6 Å². The van der Waals surface area contributed by atoms with Crippen molar-refractivity contribution in [1.29, 1.82) is 5.26 Å². The number of nitriles is 1. The number of amides is 1. The zero-order valence-electron chi connectivity index (χ0n) is 21.5. The van der Waals surface area contributed by atoms with Crippen LogP contribution in [0, 0.1) is 17.1 Å². The Morgan fingerprint density at radius 1 is 1.36 bits per heavy atom. The van der Waals surface area contributed by atoms with Crippen LogP contribution >= 0.6 is 11.6 Å². The van der Waals surface area contributed by atoms with Gasteiger partial charge in [-0.1, -0.05) is 23.7 Å². The lowest BCUT2D eigenvalue weighted by Gasteiger charge is -2.26. The van der Waals surface area contributed by atoms with Gasteiger partial charge in [0.1, 0.15) is 23.6 Å². The normalized spacial score (nSPS) is 13.1. The number of hydrogen-bond acceptors (Lipinski definition) is 8. The lowest BCUT2D eigenvalue weighted by Crippen LogP contribution is -2.29. The number of halogens is 2. The van der Waals surface area contributed by atoms with Crippen molar-refractivity contribution in [1.82, 2.24) is 24.5 Å². The third kappa shape index (κ3) is 5.39. The van der Waals surface area contributed by atoms with E-state index in [0.29, 0.717) is 11.1 Å². The summed E-state index contributed by atoms with van der Waals surface area (Å²) in [6.07, 6.45) is 5.92. The Labute approximate surface area is 227 Å². The summed E-state index contributed by atoms with van der Waals surface area (Å²) in [6.45, 7) is 5.45. The van der Waals surface area contributed by atoms with E-state index in [9.17, 15) is 24.3 Å². The average molecular weight is 554 g/mol. The number of nitrogens with one attached hydrogen (secondary N) is 1. The van der Waals surface area contributed by atoms with E-state index in [0.717, 1.165) is 4.57 Å². The lowest BCUT2D eigenvalue weighted by molar-refractivity contribution is 0.101. The highest BCUT2D eigenvalue weighted by molar-refractivity contribution is 6.31. The molecular formula is C26H25ClFN7O4. The summed E-state index contributed by atoms with van der Waals surface area (Å²) < 4.78 is 21.9. The standard InChI is InChI=1S/C26H25ClFN7O4/c1-14(23-33-21(22(36)25(38)34(23)4)24(37)32-17-11-31-39-13-17)20(18-9-16(28)5-6-19(18)27)15-10-30-35(12-15)26(2,3)7-8-29/h5-6,9-14,20,36H,7H2,1-4H3,(H,32,37)/t14-,20-/m0/s1. The smallest absolute Gasteiger partial charge is 0.296 e. The number of rotatable bonds is 8. The van der Waals surface area contributed by atoms with Gasteiger partial charge in [-0.15, -0.1) is 0 Å². The highest BCUT2D eigenvalue weighted by Gasteiger charge is 2.32. The summed E-state index contributed by atoms with van der Waals surface area (Å²) in [6, 6.07) is 6.09. The second-order valence-electron chi connectivity index (χ2n) is 9.70. The van der Waals surface area contributed by atoms with Gasteiger partial charge in [-0.2, -0.15) is 10.4 Å². The summed E-state index contributed by atoms with van der Waals surface area (Å²) >= 11 is 6.53. The maximum Gasteiger partial charge on any atom is 0.296 e. The maximum atomic E-state index is 14.4. The van der Waals surface area contributed by atoms with Crippen molar-refractivity contribution in [2.75, 3.05) is 5.32 Å². The topological polar surface area (TPSA) is 152 Å². The summed E-state index contributed by atoms with van der Waals surface area (Å²) in [5.41, 5.74) is -0.774. The molecule has 0 unspecified atom stereocenters. The number of aromatic hydroxyl groups is 1. The molecule has 0 aliphatic heterocycles. The highest BCUT2D eigenvalue weighted by atomic mass is 35.5. The van der Waals surface area contributed by atoms with Gasteiger partial charge in [0.25, 0.3) is 11.5 Å². The number of aromatic nitrogens is 5. The van der Waals surface area contributed by atoms with Gasteiger partial charge in [-0.3, -0.25) is 18.8 Å². The van der Waals surface area contributed by atoms with Gasteiger partial charge in [0.05, 0.1) is 30.4 Å². The molecule has 0 aliphatic rings. The molecule has 4 aromatic rings. The van der Waals surface area contributed by atoms with Gasteiger partial charge in [0.15, 0.2) is 5.69 Å². The second-order valence-corrected chi connectivity index (χ2v) is 10.1. The minimum atomic E-state index is -0.853. The Hall–Kier alpha value is -4.50. The van der Waals surface area contributed by atoms with Gasteiger partial charge >= 0.3 is 0 Å². The first-order valence-electron chi connectivity index (χ1n) is 11.8. The first kappa shape index (κ1) is 27.5. The number of benzene rings is 1. The van der Waals surface area contributed by atoms with Crippen LogP contribution in [-0.4, -0.2) is 35.5 Å². The van der Waals surface area contributed by atoms with E-state index in [4.69, 9.17) is 16.1 Å². The van der Waals surface area contributed by atoms with Crippen LogP contribution in [-0.2, 0) is 12.6 Å². The molecule has 39 heavy (non-hydrogen) atoms. The molecule has 0 saturated carbocycles. The molecular weight excluding hydrogens is 529 g/mol. The minimum absolute atomic E-state index is 0.127. The highest BCUT2D eigenvalue weighted by Crippen LogP contribution is 2.41. The maximum absolute atomic E-state index is 14.4. The number of carbonyl (C=O) groups is 1. The average Bonchev–Trinajstić information content (AvgIpc) is 3.58. The summed E-state index contributed by atoms with van der Waals surface area (Å²) in [7, 11) is 1.41. The predicted molar refractivity (Wildman–Crippen MR) is 139 cm³/mol. The minimum Gasteiger partial charge on any atom is -0.501 e. The lowest BCUT2D eigenvalue weighted by atomic mass is 9.82. The van der Waals surface area contributed by atoms with Crippen molar-refractivity contribution in [3.05, 3.63) is 86.9 Å². The van der Waals surface area contributed by atoms with Crippen molar-refractivity contribution >= 4 is 23.2 Å². The van der Waals surface area contributed by atoms with Crippen LogP contribution in [0.2, 0.25) is 5.02 Å². The molecule has 0 bridgehead atoms. The molecule has 11 nitrogen and oxygen atoms in total. The van der Waals surface area contributed by atoms with Gasteiger partial charge in [-0.05, 0) is 43.2 Å². The van der Waals surface area contributed by atoms with E-state index in [-0.39, 0.29) is 23.0 Å². The third-order valence-corrected chi connectivity index (χ3v) is 6.84. The SMILES string of the molecule is C[C@H](c1nc(C(=O)Nc2cnoc2)c(O)c(=O)n1C)[C@@H](c1cnn(C(C)(C)CC#N)c1)c1cc(F)ccc1Cl. The van der Waals surface area contributed by atoms with Gasteiger partial charge in [0.2, 0.25) is 5.75 Å². The Kier molecular flexibility index (Phi) is 7.56. The molecule has 2 N–H and O–H groups in total. The molecule has 0 fully saturated rings. The van der Waals surface area contributed by atoms with E-state index in [1.54, 1.807) is 24.0 Å². The number of carbonyl (C=O) groups excluding carboxylic acids is 1. The monoisotopic (exact) mass is 553 g/mol. The predicted octanol–water partition coefficient (Wildman–Crippen LogP) is 4.30. The molecule has 202 valence electrons. The Morgan fingerprint density at radius 3 is 2.77 bits per heavy atom. The van der Waals surface area contributed by atoms with Gasteiger partial charge in [0, 0.05) is 30.1 Å². The number of hydrogen-bond donors (Lipinski definition) is 2. The molecule has 0 spiro atoms. The second kappa shape index (κ2) is 10.7. The molecule has 1 aromatic carbocycles. The van der Waals surface area contributed by atoms with Crippen LogP contribution in [0.15, 0.2) is 52.4 Å². The molecule has 4 rings (SSSR count). The van der Waals surface area contributed by atoms with Crippen LogP contribution in [0.5, 0.6) is 5.75 Å². The van der Waals surface area contributed by atoms with E-state index < -0.39 is 46.1 Å². The summed E-state index contributed by atoms with van der Waals surface area (Å²) in [4.78, 5) is 30.2. The Morgan fingerprint density at radius 2 is 2.10 bits per heavy atom. The number of nitrogens with zero attached hydrogens (tertiary/aromatic N) is 6.